The second-order valence-electron chi connectivity index (χ2n) is 8.27. The Bertz CT molecular complexity index is 1100. The summed E-state index contributed by atoms with van der Waals surface area (Å²) in [4.78, 5) is 49.2. The molecule has 182 valence electrons. The number of aryl methyl sites for hydroxylation is 1. The van der Waals surface area contributed by atoms with Crippen molar-refractivity contribution in [2.45, 2.75) is 40.2 Å². The first-order chi connectivity index (χ1) is 16.3. The zero-order chi connectivity index (χ0) is 25.0. The van der Waals surface area contributed by atoms with Crippen molar-refractivity contribution < 1.29 is 24.2 Å². The molecule has 2 aromatic heterocycles. The molecule has 1 amide bonds. The number of hydrogen-bond acceptors (Lipinski definition) is 7. The van der Waals surface area contributed by atoms with Gasteiger partial charge in [-0.1, -0.05) is 13.8 Å². The maximum atomic E-state index is 13.2. The van der Waals surface area contributed by atoms with Crippen LogP contribution in [0.3, 0.4) is 0 Å². The molecule has 0 aliphatic carbocycles. The number of amides is 1. The van der Waals surface area contributed by atoms with E-state index in [-0.39, 0.29) is 17.0 Å². The van der Waals surface area contributed by atoms with Crippen molar-refractivity contribution in [1.29, 1.82) is 0 Å². The fourth-order valence-corrected chi connectivity index (χ4v) is 4.55. The van der Waals surface area contributed by atoms with E-state index >= 15 is 0 Å². The molecule has 1 fully saturated rings. The van der Waals surface area contributed by atoms with Crippen LogP contribution < -0.4 is 0 Å². The molecule has 0 bridgehead atoms. The minimum atomic E-state index is -0.755. The molecule has 0 unspecified atom stereocenters. The fraction of sp³-hybridized carbons (Fsp3) is 0.440. The van der Waals surface area contributed by atoms with Crippen molar-refractivity contribution in [2.75, 3.05) is 33.3 Å². The number of ether oxygens (including phenoxy) is 1. The van der Waals surface area contributed by atoms with Crippen LogP contribution in [0.25, 0.3) is 5.76 Å². The molecule has 9 heteroatoms. The summed E-state index contributed by atoms with van der Waals surface area (Å²) in [5.74, 6) is -2.29. The predicted molar refractivity (Wildman–Crippen MR) is 127 cm³/mol. The lowest BCUT2D eigenvalue weighted by molar-refractivity contribution is -0.140. The van der Waals surface area contributed by atoms with E-state index in [0.29, 0.717) is 35.3 Å². The van der Waals surface area contributed by atoms with E-state index in [1.54, 1.807) is 38.4 Å². The molecule has 0 radical (unpaired) electrons. The zero-order valence-corrected chi connectivity index (χ0v) is 20.3. The number of nitrogens with zero attached hydrogens (tertiary/aromatic N) is 3. The van der Waals surface area contributed by atoms with Crippen LogP contribution in [-0.2, 0) is 14.3 Å². The van der Waals surface area contributed by atoms with Gasteiger partial charge in [-0.2, -0.15) is 0 Å². The van der Waals surface area contributed by atoms with Crippen LogP contribution in [0, 0.1) is 13.8 Å². The van der Waals surface area contributed by atoms with Gasteiger partial charge in [0.25, 0.3) is 11.7 Å². The van der Waals surface area contributed by atoms with Crippen molar-refractivity contribution in [3.05, 3.63) is 58.2 Å². The molecule has 3 rings (SSSR count). The summed E-state index contributed by atoms with van der Waals surface area (Å²) >= 11 is 0. The Morgan fingerprint density at radius 1 is 1.21 bits per heavy atom. The van der Waals surface area contributed by atoms with Gasteiger partial charge in [0, 0.05) is 30.2 Å². The van der Waals surface area contributed by atoms with Gasteiger partial charge in [-0.05, 0) is 63.2 Å². The Hall–Kier alpha value is -3.46. The first kappa shape index (κ1) is 25.2. The third kappa shape index (κ3) is 4.61. The average molecular weight is 469 g/mol. The Morgan fingerprint density at radius 3 is 2.44 bits per heavy atom. The SMILES string of the molecule is CCN(CC)CCCN1C(=O)C(=O)/C(=C(/O)c2c(C)[nH]c(C(=O)OC)c2C)[C@H]1c1ccncc1. The van der Waals surface area contributed by atoms with E-state index < -0.39 is 23.7 Å². The number of pyridine rings is 1. The lowest BCUT2D eigenvalue weighted by atomic mass is 9.94. The molecule has 2 N–H and O–H groups in total. The molecule has 1 aliphatic rings. The Morgan fingerprint density at radius 2 is 1.85 bits per heavy atom. The number of carbonyl (C=O) groups excluding carboxylic acids is 3. The maximum Gasteiger partial charge on any atom is 0.354 e. The van der Waals surface area contributed by atoms with Gasteiger partial charge in [-0.25, -0.2) is 4.79 Å². The van der Waals surface area contributed by atoms with Crippen LogP contribution in [0.1, 0.15) is 59.2 Å². The molecule has 0 aromatic carbocycles. The monoisotopic (exact) mass is 468 g/mol. The molecule has 2 aromatic rings. The van der Waals surface area contributed by atoms with Gasteiger partial charge in [0.05, 0.1) is 18.7 Å². The second kappa shape index (κ2) is 10.6. The lowest BCUT2D eigenvalue weighted by Gasteiger charge is -2.26. The number of likely N-dealkylation sites (tertiary alicyclic amines) is 1. The van der Waals surface area contributed by atoms with Crippen molar-refractivity contribution in [3.63, 3.8) is 0 Å². The number of aliphatic hydroxyl groups excluding tert-OH is 1. The summed E-state index contributed by atoms with van der Waals surface area (Å²) in [6.07, 6.45) is 3.87. The summed E-state index contributed by atoms with van der Waals surface area (Å²) < 4.78 is 4.81. The van der Waals surface area contributed by atoms with Crippen LogP contribution in [0.4, 0.5) is 0 Å². The number of aromatic amines is 1. The normalized spacial score (nSPS) is 17.6. The number of methoxy groups -OCH3 is 1. The average Bonchev–Trinajstić information content (AvgIpc) is 3.28. The lowest BCUT2D eigenvalue weighted by Crippen LogP contribution is -2.33. The summed E-state index contributed by atoms with van der Waals surface area (Å²) in [5, 5.41) is 11.4. The van der Waals surface area contributed by atoms with Crippen LogP contribution >= 0.6 is 0 Å². The van der Waals surface area contributed by atoms with E-state index in [1.807, 2.05) is 0 Å². The molecule has 0 spiro atoms. The Kier molecular flexibility index (Phi) is 7.88. The summed E-state index contributed by atoms with van der Waals surface area (Å²) in [5.41, 5.74) is 2.13. The Balaban J connectivity index is 2.09. The highest BCUT2D eigenvalue weighted by atomic mass is 16.5. The van der Waals surface area contributed by atoms with E-state index in [1.165, 1.54) is 12.0 Å². The van der Waals surface area contributed by atoms with Crippen molar-refractivity contribution in [3.8, 4) is 0 Å². The van der Waals surface area contributed by atoms with Gasteiger partial charge < -0.3 is 24.6 Å². The fourth-order valence-electron chi connectivity index (χ4n) is 4.55. The maximum absolute atomic E-state index is 13.2. The van der Waals surface area contributed by atoms with E-state index in [2.05, 4.69) is 28.7 Å². The molecule has 3 heterocycles. The van der Waals surface area contributed by atoms with Crippen molar-refractivity contribution >= 4 is 23.4 Å². The third-order valence-corrected chi connectivity index (χ3v) is 6.39. The highest BCUT2D eigenvalue weighted by Crippen LogP contribution is 2.40. The first-order valence-electron chi connectivity index (χ1n) is 11.4. The van der Waals surface area contributed by atoms with Crippen molar-refractivity contribution in [2.24, 2.45) is 0 Å². The molecule has 1 atom stereocenters. The van der Waals surface area contributed by atoms with Gasteiger partial charge >= 0.3 is 5.97 Å². The van der Waals surface area contributed by atoms with Crippen LogP contribution in [0.15, 0.2) is 30.1 Å². The van der Waals surface area contributed by atoms with Gasteiger partial charge in [0.2, 0.25) is 0 Å². The van der Waals surface area contributed by atoms with E-state index in [0.717, 1.165) is 19.6 Å². The van der Waals surface area contributed by atoms with Crippen LogP contribution in [-0.4, -0.2) is 75.8 Å². The van der Waals surface area contributed by atoms with Gasteiger partial charge in [-0.15, -0.1) is 0 Å². The molecular formula is C25H32N4O5. The first-order valence-corrected chi connectivity index (χ1v) is 11.4. The minimum Gasteiger partial charge on any atom is -0.507 e. The molecule has 34 heavy (non-hydrogen) atoms. The van der Waals surface area contributed by atoms with E-state index in [4.69, 9.17) is 4.74 Å². The highest BCUT2D eigenvalue weighted by molar-refractivity contribution is 6.46. The standard InChI is InChI=1S/C25H32N4O5/c1-6-28(7-2)13-8-14-29-21(17-9-11-26-12-10-17)19(23(31)24(29)32)22(30)18-15(3)20(25(33)34-5)27-16(18)4/h9-12,21,27,30H,6-8,13-14H2,1-5H3/b22-19+/t21-/m1/s1. The van der Waals surface area contributed by atoms with Crippen LogP contribution in [0.2, 0.25) is 0 Å². The molecule has 9 nitrogen and oxygen atoms in total. The number of nitrogens with one attached hydrogen (secondary N) is 1. The number of rotatable bonds is 9. The van der Waals surface area contributed by atoms with Gasteiger partial charge in [-0.3, -0.25) is 14.6 Å². The smallest absolute Gasteiger partial charge is 0.354 e. The molecule has 1 saturated heterocycles. The number of aromatic nitrogens is 2. The van der Waals surface area contributed by atoms with Crippen molar-refractivity contribution in [1.82, 2.24) is 19.8 Å². The summed E-state index contributed by atoms with van der Waals surface area (Å²) in [6, 6.07) is 2.71. The minimum absolute atomic E-state index is 0.000606. The largest absolute Gasteiger partial charge is 0.507 e. The number of H-pyrrole nitrogens is 1. The van der Waals surface area contributed by atoms with Crippen LogP contribution in [0.5, 0.6) is 0 Å². The third-order valence-electron chi connectivity index (χ3n) is 6.39. The quantitative estimate of drug-likeness (QED) is 0.252. The molecule has 1 aliphatic heterocycles. The van der Waals surface area contributed by atoms with E-state index in [9.17, 15) is 19.5 Å². The Labute approximate surface area is 199 Å². The molecular weight excluding hydrogens is 436 g/mol. The number of Topliss-reactive ketones (excluding diaryl/α,β-unsaturated/α-hetero) is 1. The highest BCUT2D eigenvalue weighted by Gasteiger charge is 2.46. The van der Waals surface area contributed by atoms with Gasteiger partial charge in [0.15, 0.2) is 0 Å². The number of carbonyl (C=O) groups is 3. The number of hydrogen-bond donors (Lipinski definition) is 2. The number of aliphatic hydroxyl groups is 1. The second-order valence-corrected chi connectivity index (χ2v) is 8.27. The number of ketones is 1. The predicted octanol–water partition coefficient (Wildman–Crippen LogP) is 2.97. The summed E-state index contributed by atoms with van der Waals surface area (Å²) in [7, 11) is 1.27. The zero-order valence-electron chi connectivity index (χ0n) is 20.3. The molecule has 0 saturated carbocycles. The summed E-state index contributed by atoms with van der Waals surface area (Å²) in [6.45, 7) is 10.5. The van der Waals surface area contributed by atoms with Gasteiger partial charge in [0.1, 0.15) is 11.5 Å². The number of esters is 1. The topological polar surface area (TPSA) is 116 Å².